The molecule has 1 amide bonds. The van der Waals surface area contributed by atoms with Gasteiger partial charge in [0.25, 0.3) is 0 Å². The van der Waals surface area contributed by atoms with Crippen LogP contribution in [-0.2, 0) is 11.2 Å². The number of benzene rings is 1. The predicted octanol–water partition coefficient (Wildman–Crippen LogP) is 1.90. The lowest BCUT2D eigenvalue weighted by molar-refractivity contribution is -0.123. The number of amides is 1. The van der Waals surface area contributed by atoms with Crippen molar-refractivity contribution in [1.29, 1.82) is 0 Å². The quantitative estimate of drug-likeness (QED) is 0.826. The molecule has 0 radical (unpaired) electrons. The Morgan fingerprint density at radius 2 is 1.95 bits per heavy atom. The van der Waals surface area contributed by atoms with Crippen LogP contribution < -0.4 is 10.1 Å². The monoisotopic (exact) mass is 265 g/mol. The molecule has 19 heavy (non-hydrogen) atoms. The van der Waals surface area contributed by atoms with Crippen molar-refractivity contribution in [2.75, 3.05) is 7.11 Å². The summed E-state index contributed by atoms with van der Waals surface area (Å²) in [7, 11) is 1.63. The lowest BCUT2D eigenvalue weighted by Gasteiger charge is -2.29. The Bertz CT molecular complexity index is 410. The van der Waals surface area contributed by atoms with Crippen molar-refractivity contribution in [2.24, 2.45) is 0 Å². The topological polar surface area (TPSA) is 58.6 Å². The molecule has 1 unspecified atom stereocenters. The van der Waals surface area contributed by atoms with Crippen molar-refractivity contribution in [2.45, 2.75) is 45.3 Å². The number of aliphatic hydroxyl groups is 1. The van der Waals surface area contributed by atoms with Crippen LogP contribution in [0.1, 0.15) is 32.8 Å². The minimum absolute atomic E-state index is 0.0540. The van der Waals surface area contributed by atoms with Crippen LogP contribution in [0.5, 0.6) is 5.75 Å². The van der Waals surface area contributed by atoms with Gasteiger partial charge in [-0.2, -0.15) is 0 Å². The van der Waals surface area contributed by atoms with E-state index in [1.54, 1.807) is 14.0 Å². The Hall–Kier alpha value is -1.55. The summed E-state index contributed by atoms with van der Waals surface area (Å²) in [4.78, 5) is 11.8. The average molecular weight is 265 g/mol. The molecule has 1 atom stereocenters. The van der Waals surface area contributed by atoms with Crippen molar-refractivity contribution in [3.63, 3.8) is 0 Å². The first-order valence-corrected chi connectivity index (χ1v) is 6.47. The molecule has 0 spiro atoms. The highest BCUT2D eigenvalue weighted by molar-refractivity contribution is 5.77. The third kappa shape index (κ3) is 4.91. The second-order valence-electron chi connectivity index (χ2n) is 5.29. The summed E-state index contributed by atoms with van der Waals surface area (Å²) >= 11 is 0. The molecule has 4 nitrogen and oxygen atoms in total. The number of nitrogens with one attached hydrogen (secondary N) is 1. The Morgan fingerprint density at radius 1 is 1.37 bits per heavy atom. The Labute approximate surface area is 114 Å². The number of hydrogen-bond donors (Lipinski definition) is 2. The van der Waals surface area contributed by atoms with Crippen LogP contribution in [0, 0.1) is 0 Å². The van der Waals surface area contributed by atoms with E-state index in [4.69, 9.17) is 4.74 Å². The van der Waals surface area contributed by atoms with Crippen LogP contribution >= 0.6 is 0 Å². The van der Waals surface area contributed by atoms with E-state index >= 15 is 0 Å². The van der Waals surface area contributed by atoms with Gasteiger partial charge in [0.2, 0.25) is 5.91 Å². The van der Waals surface area contributed by atoms with Crippen LogP contribution in [0.25, 0.3) is 0 Å². The van der Waals surface area contributed by atoms with Crippen LogP contribution in [0.2, 0.25) is 0 Å². The van der Waals surface area contributed by atoms with Gasteiger partial charge in [0.15, 0.2) is 0 Å². The molecule has 0 aliphatic heterocycles. The van der Waals surface area contributed by atoms with Gasteiger partial charge in [-0.15, -0.1) is 0 Å². The van der Waals surface area contributed by atoms with Crippen LogP contribution in [0.15, 0.2) is 24.3 Å². The molecule has 0 fully saturated rings. The molecular formula is C15H23NO3. The predicted molar refractivity (Wildman–Crippen MR) is 75.2 cm³/mol. The van der Waals surface area contributed by atoms with Gasteiger partial charge in [-0.3, -0.25) is 4.79 Å². The maximum Gasteiger partial charge on any atom is 0.220 e. The molecule has 0 heterocycles. The average Bonchev–Trinajstić information content (AvgIpc) is 2.36. The Morgan fingerprint density at radius 3 is 2.42 bits per heavy atom. The van der Waals surface area contributed by atoms with E-state index in [2.05, 4.69) is 5.32 Å². The van der Waals surface area contributed by atoms with Gasteiger partial charge in [0.05, 0.1) is 18.8 Å². The molecule has 2 N–H and O–H groups in total. The fourth-order valence-corrected chi connectivity index (χ4v) is 1.58. The van der Waals surface area contributed by atoms with E-state index in [1.807, 2.05) is 38.1 Å². The smallest absolute Gasteiger partial charge is 0.220 e. The highest BCUT2D eigenvalue weighted by Gasteiger charge is 2.25. The molecule has 0 bridgehead atoms. The number of carbonyl (C=O) groups is 1. The zero-order chi connectivity index (χ0) is 14.5. The second kappa shape index (κ2) is 6.57. The number of methoxy groups -OCH3 is 1. The molecular weight excluding hydrogens is 242 g/mol. The molecule has 106 valence electrons. The van der Waals surface area contributed by atoms with Crippen molar-refractivity contribution in [1.82, 2.24) is 5.32 Å². The lowest BCUT2D eigenvalue weighted by Crippen LogP contribution is -2.51. The Kier molecular flexibility index (Phi) is 5.36. The highest BCUT2D eigenvalue weighted by Crippen LogP contribution is 2.13. The van der Waals surface area contributed by atoms with Crippen molar-refractivity contribution >= 4 is 5.91 Å². The van der Waals surface area contributed by atoms with Crippen molar-refractivity contribution < 1.29 is 14.6 Å². The summed E-state index contributed by atoms with van der Waals surface area (Å²) < 4.78 is 5.08. The fraction of sp³-hybridized carbons (Fsp3) is 0.533. The van der Waals surface area contributed by atoms with Gasteiger partial charge in [0, 0.05) is 6.42 Å². The lowest BCUT2D eigenvalue weighted by atomic mass is 9.98. The second-order valence-corrected chi connectivity index (χ2v) is 5.29. The first-order chi connectivity index (χ1) is 8.85. The summed E-state index contributed by atoms with van der Waals surface area (Å²) in [5.41, 5.74) is 0.488. The van der Waals surface area contributed by atoms with Gasteiger partial charge in [-0.25, -0.2) is 0 Å². The van der Waals surface area contributed by atoms with Crippen molar-refractivity contribution in [3.05, 3.63) is 29.8 Å². The number of ether oxygens (including phenoxy) is 1. The van der Waals surface area contributed by atoms with Crippen molar-refractivity contribution in [3.8, 4) is 5.75 Å². The maximum absolute atomic E-state index is 11.8. The van der Waals surface area contributed by atoms with Gasteiger partial charge in [0.1, 0.15) is 5.75 Å². The van der Waals surface area contributed by atoms with Gasteiger partial charge in [-0.05, 0) is 44.9 Å². The van der Waals surface area contributed by atoms with E-state index in [0.29, 0.717) is 12.8 Å². The zero-order valence-electron chi connectivity index (χ0n) is 12.1. The third-order valence-electron chi connectivity index (χ3n) is 3.31. The first-order valence-electron chi connectivity index (χ1n) is 6.47. The summed E-state index contributed by atoms with van der Waals surface area (Å²) in [5.74, 6) is 0.755. The molecule has 0 saturated heterocycles. The van der Waals surface area contributed by atoms with Crippen LogP contribution in [-0.4, -0.2) is 29.8 Å². The summed E-state index contributed by atoms with van der Waals surface area (Å²) in [5, 5.41) is 12.4. The van der Waals surface area contributed by atoms with Crippen LogP contribution in [0.4, 0.5) is 0 Å². The molecule has 0 saturated carbocycles. The van der Waals surface area contributed by atoms with E-state index in [-0.39, 0.29) is 5.91 Å². The first kappa shape index (κ1) is 15.5. The number of aliphatic hydroxyl groups excluding tert-OH is 1. The van der Waals surface area contributed by atoms with E-state index in [1.165, 1.54) is 0 Å². The maximum atomic E-state index is 11.8. The molecule has 1 aromatic rings. The van der Waals surface area contributed by atoms with Gasteiger partial charge >= 0.3 is 0 Å². The van der Waals surface area contributed by atoms with E-state index < -0.39 is 11.6 Å². The fourth-order valence-electron chi connectivity index (χ4n) is 1.58. The molecule has 4 heteroatoms. The SMILES string of the molecule is COc1ccc(CCC(=O)NC(C)(C)C(C)O)cc1. The number of carbonyl (C=O) groups excluding carboxylic acids is 1. The largest absolute Gasteiger partial charge is 0.497 e. The number of aryl methyl sites for hydroxylation is 1. The minimum atomic E-state index is -0.600. The van der Waals surface area contributed by atoms with Crippen LogP contribution in [0.3, 0.4) is 0 Å². The molecule has 1 rings (SSSR count). The normalized spacial score (nSPS) is 12.9. The molecule has 0 aliphatic rings. The highest BCUT2D eigenvalue weighted by atomic mass is 16.5. The van der Waals surface area contributed by atoms with Gasteiger partial charge in [-0.1, -0.05) is 12.1 Å². The standard InChI is InChI=1S/C15H23NO3/c1-11(17)15(2,3)16-14(18)10-7-12-5-8-13(19-4)9-6-12/h5-6,8-9,11,17H,7,10H2,1-4H3,(H,16,18). The van der Waals surface area contributed by atoms with Gasteiger partial charge < -0.3 is 15.2 Å². The molecule has 1 aromatic carbocycles. The van der Waals surface area contributed by atoms with E-state index in [0.717, 1.165) is 11.3 Å². The molecule has 0 aromatic heterocycles. The molecule has 0 aliphatic carbocycles. The zero-order valence-corrected chi connectivity index (χ0v) is 12.1. The summed E-state index contributed by atoms with van der Waals surface area (Å²) in [6.07, 6.45) is 0.492. The minimum Gasteiger partial charge on any atom is -0.497 e. The Balaban J connectivity index is 2.45. The summed E-state index contributed by atoms with van der Waals surface area (Å²) in [6.45, 7) is 5.29. The summed E-state index contributed by atoms with van der Waals surface area (Å²) in [6, 6.07) is 7.66. The van der Waals surface area contributed by atoms with E-state index in [9.17, 15) is 9.90 Å². The number of rotatable bonds is 6. The number of hydrogen-bond acceptors (Lipinski definition) is 3. The third-order valence-corrected chi connectivity index (χ3v) is 3.31.